The summed E-state index contributed by atoms with van der Waals surface area (Å²) in [6.07, 6.45) is -8.12. The number of aryl methyl sites for hydroxylation is 1. The molecule has 2 aromatic carbocycles. The highest BCUT2D eigenvalue weighted by Crippen LogP contribution is 2.45. The van der Waals surface area contributed by atoms with E-state index in [9.17, 15) is 45.3 Å². The van der Waals surface area contributed by atoms with Crippen LogP contribution in [-0.4, -0.2) is 84.6 Å². The smallest absolute Gasteiger partial charge is 0.229 e. The number of ketones is 2. The highest BCUT2D eigenvalue weighted by molar-refractivity contribution is 6.31. The van der Waals surface area contributed by atoms with Crippen LogP contribution in [0.15, 0.2) is 12.1 Å². The predicted octanol–water partition coefficient (Wildman–Crippen LogP) is -0.626. The van der Waals surface area contributed by atoms with Gasteiger partial charge in [-0.1, -0.05) is 0 Å². The topological polar surface area (TPSA) is 194 Å². The Bertz CT molecular complexity index is 1170. The molecule has 2 aromatic rings. The maximum atomic E-state index is 13.4. The monoisotopic (exact) mass is 462 g/mol. The van der Waals surface area contributed by atoms with Crippen LogP contribution < -0.4 is 4.74 Å². The maximum Gasteiger partial charge on any atom is 0.229 e. The molecule has 2 aliphatic rings. The van der Waals surface area contributed by atoms with Crippen LogP contribution in [-0.2, 0) is 4.74 Å². The van der Waals surface area contributed by atoms with Crippen molar-refractivity contribution in [2.75, 3.05) is 6.61 Å². The van der Waals surface area contributed by atoms with Gasteiger partial charge in [0.15, 0.2) is 5.78 Å². The Morgan fingerprint density at radius 3 is 2.18 bits per heavy atom. The lowest BCUT2D eigenvalue weighted by Crippen LogP contribution is -2.60. The Morgan fingerprint density at radius 1 is 0.879 bits per heavy atom. The van der Waals surface area contributed by atoms with Crippen molar-refractivity contribution in [2.24, 2.45) is 0 Å². The average molecular weight is 462 g/mol. The second-order valence-corrected chi connectivity index (χ2v) is 8.06. The van der Waals surface area contributed by atoms with Gasteiger partial charge in [0.1, 0.15) is 47.4 Å². The van der Waals surface area contributed by atoms with Crippen molar-refractivity contribution < 1.29 is 54.8 Å². The molecule has 5 atom stereocenters. The summed E-state index contributed by atoms with van der Waals surface area (Å²) in [4.78, 5) is 26.5. The molecule has 0 amide bonds. The van der Waals surface area contributed by atoms with Gasteiger partial charge < -0.3 is 45.2 Å². The first-order chi connectivity index (χ1) is 15.5. The fourth-order valence-corrected chi connectivity index (χ4v) is 4.08. The van der Waals surface area contributed by atoms with E-state index in [1.54, 1.807) is 0 Å². The molecule has 0 spiro atoms. The molecule has 176 valence electrons. The highest BCUT2D eigenvalue weighted by Gasteiger charge is 2.46. The van der Waals surface area contributed by atoms with Gasteiger partial charge in [0.2, 0.25) is 12.1 Å². The number of fused-ring (bicyclic) bond motifs is 2. The molecule has 0 saturated carbocycles. The Labute approximate surface area is 186 Å². The van der Waals surface area contributed by atoms with E-state index in [0.29, 0.717) is 0 Å². The molecule has 11 heteroatoms. The molecular formula is C22H22O11. The van der Waals surface area contributed by atoms with Crippen LogP contribution in [0, 0.1) is 13.8 Å². The van der Waals surface area contributed by atoms with Gasteiger partial charge in [-0.2, -0.15) is 0 Å². The maximum absolute atomic E-state index is 13.4. The zero-order valence-corrected chi connectivity index (χ0v) is 17.5. The first-order valence-corrected chi connectivity index (χ1v) is 9.98. The Balaban J connectivity index is 1.87. The molecule has 33 heavy (non-hydrogen) atoms. The summed E-state index contributed by atoms with van der Waals surface area (Å²) in [6, 6.07) is 2.16. The fourth-order valence-electron chi connectivity index (χ4n) is 4.08. The summed E-state index contributed by atoms with van der Waals surface area (Å²) in [5, 5.41) is 70.6. The van der Waals surface area contributed by atoms with Gasteiger partial charge in [-0.05, 0) is 31.5 Å². The number of carbonyl (C=O) groups is 2. The average Bonchev–Trinajstić information content (AvgIpc) is 2.77. The number of hydrogen-bond acceptors (Lipinski definition) is 11. The SMILES string of the molecule is Cc1cc(O)c2c(c1OC1O[C@H](CO)[C@@H](O)[C@H](O)[C@H]1O)C(=O)c1c(cc(O)c(C)c1O)C2=O. The van der Waals surface area contributed by atoms with Crippen LogP contribution in [0.1, 0.15) is 43.0 Å². The summed E-state index contributed by atoms with van der Waals surface area (Å²) in [6.45, 7) is 2.07. The molecule has 1 aliphatic carbocycles. The standard InChI is InChI=1S/C22H22O11/c1-6-3-10(25)13-14(18(29)12-8(16(13)27)4-9(24)7(2)15(12)26)21(6)33-22-20(31)19(30)17(28)11(5-23)32-22/h3-4,11,17,19-20,22-26,28,30-31H,5H2,1-2H3/t11-,17-,19+,20-,22?/m1/s1. The number of rotatable bonds is 3. The predicted molar refractivity (Wildman–Crippen MR) is 109 cm³/mol. The van der Waals surface area contributed by atoms with E-state index in [-0.39, 0.29) is 22.4 Å². The zero-order chi connectivity index (χ0) is 24.4. The molecule has 0 bridgehead atoms. The molecular weight excluding hydrogens is 440 g/mol. The van der Waals surface area contributed by atoms with E-state index in [4.69, 9.17) is 9.47 Å². The van der Waals surface area contributed by atoms with Gasteiger partial charge in [0, 0.05) is 11.1 Å². The quantitative estimate of drug-likeness (QED) is 0.262. The molecule has 11 nitrogen and oxygen atoms in total. The number of carbonyl (C=O) groups excluding carboxylic acids is 2. The molecule has 0 radical (unpaired) electrons. The van der Waals surface area contributed by atoms with Crippen LogP contribution in [0.3, 0.4) is 0 Å². The summed E-state index contributed by atoms with van der Waals surface area (Å²) in [5.41, 5.74) is -1.45. The third-order valence-electron chi connectivity index (χ3n) is 5.98. The van der Waals surface area contributed by atoms with Crippen molar-refractivity contribution in [2.45, 2.75) is 44.6 Å². The molecule has 7 N–H and O–H groups in total. The summed E-state index contributed by atoms with van der Waals surface area (Å²) in [5.74, 6) is -3.61. The summed E-state index contributed by atoms with van der Waals surface area (Å²) < 4.78 is 11.0. The molecule has 1 saturated heterocycles. The van der Waals surface area contributed by atoms with Crippen LogP contribution in [0.2, 0.25) is 0 Å². The van der Waals surface area contributed by atoms with Crippen molar-refractivity contribution in [3.8, 4) is 23.0 Å². The van der Waals surface area contributed by atoms with Crippen molar-refractivity contribution in [3.05, 3.63) is 45.5 Å². The number of hydrogen-bond donors (Lipinski definition) is 7. The zero-order valence-electron chi connectivity index (χ0n) is 17.5. The van der Waals surface area contributed by atoms with E-state index >= 15 is 0 Å². The lowest BCUT2D eigenvalue weighted by Gasteiger charge is -2.40. The van der Waals surface area contributed by atoms with Crippen molar-refractivity contribution >= 4 is 11.6 Å². The Hall–Kier alpha value is -3.22. The van der Waals surface area contributed by atoms with Gasteiger partial charge in [0.05, 0.1) is 23.3 Å². The fraction of sp³-hybridized carbons (Fsp3) is 0.364. The molecule has 4 rings (SSSR count). The van der Waals surface area contributed by atoms with Gasteiger partial charge in [-0.15, -0.1) is 0 Å². The lowest BCUT2D eigenvalue weighted by molar-refractivity contribution is -0.277. The van der Waals surface area contributed by atoms with Crippen LogP contribution in [0.25, 0.3) is 0 Å². The molecule has 1 aliphatic heterocycles. The molecule has 1 fully saturated rings. The van der Waals surface area contributed by atoms with E-state index < -0.39 is 82.8 Å². The van der Waals surface area contributed by atoms with E-state index in [0.717, 1.165) is 12.1 Å². The number of aromatic hydroxyl groups is 3. The van der Waals surface area contributed by atoms with Crippen LogP contribution in [0.4, 0.5) is 0 Å². The third-order valence-corrected chi connectivity index (χ3v) is 5.98. The lowest BCUT2D eigenvalue weighted by atomic mass is 9.80. The number of ether oxygens (including phenoxy) is 2. The number of benzene rings is 2. The van der Waals surface area contributed by atoms with Crippen LogP contribution >= 0.6 is 0 Å². The third kappa shape index (κ3) is 3.33. The van der Waals surface area contributed by atoms with Gasteiger partial charge >= 0.3 is 0 Å². The van der Waals surface area contributed by atoms with Gasteiger partial charge in [0.25, 0.3) is 0 Å². The van der Waals surface area contributed by atoms with Gasteiger partial charge in [-0.3, -0.25) is 9.59 Å². The first kappa shape index (κ1) is 23.0. The summed E-state index contributed by atoms with van der Waals surface area (Å²) >= 11 is 0. The molecule has 1 unspecified atom stereocenters. The molecule has 0 aromatic heterocycles. The Kier molecular flexibility index (Phi) is 5.55. The number of phenols is 3. The minimum Gasteiger partial charge on any atom is -0.508 e. The highest BCUT2D eigenvalue weighted by atomic mass is 16.7. The second kappa shape index (κ2) is 7.97. The van der Waals surface area contributed by atoms with E-state index in [1.807, 2.05) is 0 Å². The number of aliphatic hydroxyl groups is 4. The second-order valence-electron chi connectivity index (χ2n) is 8.06. The number of aliphatic hydroxyl groups excluding tert-OH is 4. The van der Waals surface area contributed by atoms with Gasteiger partial charge in [-0.25, -0.2) is 0 Å². The minimum atomic E-state index is -1.79. The first-order valence-electron chi connectivity index (χ1n) is 9.98. The van der Waals surface area contributed by atoms with Crippen LogP contribution in [0.5, 0.6) is 23.0 Å². The van der Waals surface area contributed by atoms with Crippen molar-refractivity contribution in [3.63, 3.8) is 0 Å². The Morgan fingerprint density at radius 2 is 1.55 bits per heavy atom. The molecule has 1 heterocycles. The van der Waals surface area contributed by atoms with E-state index in [1.165, 1.54) is 13.8 Å². The minimum absolute atomic E-state index is 0.0355. The number of phenolic OH excluding ortho intramolecular Hbond substituents is 3. The van der Waals surface area contributed by atoms with Crippen molar-refractivity contribution in [1.82, 2.24) is 0 Å². The summed E-state index contributed by atoms with van der Waals surface area (Å²) in [7, 11) is 0. The normalized spacial score (nSPS) is 26.7. The van der Waals surface area contributed by atoms with Crippen molar-refractivity contribution in [1.29, 1.82) is 0 Å². The largest absolute Gasteiger partial charge is 0.508 e. The van der Waals surface area contributed by atoms with E-state index in [2.05, 4.69) is 0 Å².